The van der Waals surface area contributed by atoms with Gasteiger partial charge in [0.15, 0.2) is 0 Å². The molecule has 1 saturated heterocycles. The fourth-order valence-electron chi connectivity index (χ4n) is 7.35. The number of ketones is 1. The minimum Gasteiger partial charge on any atom is -0.363 e. The molecule has 10 nitrogen and oxygen atoms in total. The Morgan fingerprint density at radius 1 is 1.02 bits per heavy atom. The Balaban J connectivity index is 1.52. The van der Waals surface area contributed by atoms with E-state index in [1.807, 2.05) is 20.8 Å². The molecule has 11 heteroatoms. The zero-order valence-electron chi connectivity index (χ0n) is 26.2. The van der Waals surface area contributed by atoms with Gasteiger partial charge in [0, 0.05) is 12.1 Å². The molecule has 5 amide bonds. The Kier molecular flexibility index (Phi) is 9.60. The van der Waals surface area contributed by atoms with E-state index in [1.165, 1.54) is 0 Å². The van der Waals surface area contributed by atoms with Gasteiger partial charge >= 0.3 is 6.03 Å². The van der Waals surface area contributed by atoms with Crippen LogP contribution in [0.1, 0.15) is 92.4 Å². The zero-order valence-corrected chi connectivity index (χ0v) is 27.0. The molecule has 3 aliphatic carbocycles. The van der Waals surface area contributed by atoms with Gasteiger partial charge in [-0.1, -0.05) is 66.7 Å². The van der Waals surface area contributed by atoms with E-state index in [2.05, 4.69) is 36.1 Å². The third-order valence-corrected chi connectivity index (χ3v) is 10.9. The highest BCUT2D eigenvalue weighted by Gasteiger charge is 2.70. The van der Waals surface area contributed by atoms with Crippen LogP contribution in [0.25, 0.3) is 0 Å². The van der Waals surface area contributed by atoms with Crippen LogP contribution in [0, 0.1) is 28.6 Å². The normalized spacial score (nSPS) is 27.3. The number of Topliss-reactive ketones (excluding diaryl/α,β-unsaturated/α-hetero) is 1. The Morgan fingerprint density at radius 2 is 1.67 bits per heavy atom. The number of nitrogens with zero attached hydrogens (tertiary/aromatic N) is 1. The number of carbonyl (C=O) groups is 5. The van der Waals surface area contributed by atoms with Crippen LogP contribution in [0.3, 0.4) is 0 Å². The van der Waals surface area contributed by atoms with Crippen molar-refractivity contribution < 1.29 is 24.0 Å². The molecule has 0 aromatic carbocycles. The van der Waals surface area contributed by atoms with Gasteiger partial charge in [-0.25, -0.2) is 4.79 Å². The van der Waals surface area contributed by atoms with Crippen molar-refractivity contribution in [3.8, 4) is 0 Å². The van der Waals surface area contributed by atoms with Crippen molar-refractivity contribution in [2.24, 2.45) is 34.3 Å². The number of primary amides is 1. The van der Waals surface area contributed by atoms with Crippen molar-refractivity contribution in [3.63, 3.8) is 0 Å². The summed E-state index contributed by atoms with van der Waals surface area (Å²) in [6.45, 7) is 10.3. The first-order valence-corrected chi connectivity index (χ1v) is 17.0. The van der Waals surface area contributed by atoms with Crippen LogP contribution in [0.15, 0.2) is 0 Å². The van der Waals surface area contributed by atoms with Gasteiger partial charge in [0.25, 0.3) is 5.91 Å². The minimum absolute atomic E-state index is 0.0711. The second-order valence-electron chi connectivity index (χ2n) is 14.8. The van der Waals surface area contributed by atoms with Crippen LogP contribution in [-0.2, 0) is 19.2 Å². The third kappa shape index (κ3) is 7.08. The third-order valence-electron chi connectivity index (χ3n) is 10.3. The predicted molar refractivity (Wildman–Crippen MR) is 163 cm³/mol. The van der Waals surface area contributed by atoms with Gasteiger partial charge in [-0.05, 0) is 66.3 Å². The number of urea groups is 1. The molecule has 236 valence electrons. The quantitative estimate of drug-likeness (QED) is 0.251. The Labute approximate surface area is 254 Å². The Hall–Kier alpha value is -2.30. The van der Waals surface area contributed by atoms with Crippen molar-refractivity contribution in [3.05, 3.63) is 0 Å². The van der Waals surface area contributed by atoms with Crippen LogP contribution < -0.4 is 21.7 Å². The average Bonchev–Trinajstić information content (AvgIpc) is 3.76. The number of hydrogen-bond donors (Lipinski definition) is 4. The molecule has 1 heterocycles. The molecule has 0 aromatic rings. The average molecular weight is 606 g/mol. The van der Waals surface area contributed by atoms with Crippen LogP contribution in [0.5, 0.6) is 0 Å². The zero-order chi connectivity index (χ0) is 31.0. The summed E-state index contributed by atoms with van der Waals surface area (Å²) in [7, 11) is 0. The summed E-state index contributed by atoms with van der Waals surface area (Å²) in [6.07, 6.45) is 10.4. The highest BCUT2D eigenvalue weighted by Crippen LogP contribution is 2.65. The molecule has 5 atom stereocenters. The maximum absolute atomic E-state index is 14.2. The van der Waals surface area contributed by atoms with E-state index < -0.39 is 41.1 Å². The van der Waals surface area contributed by atoms with E-state index in [9.17, 15) is 24.0 Å². The van der Waals surface area contributed by atoms with Gasteiger partial charge in [0.2, 0.25) is 17.6 Å². The molecule has 42 heavy (non-hydrogen) atoms. The largest absolute Gasteiger partial charge is 0.363 e. The van der Waals surface area contributed by atoms with Crippen LogP contribution >= 0.6 is 11.8 Å². The monoisotopic (exact) mass is 605 g/mol. The summed E-state index contributed by atoms with van der Waals surface area (Å²) < 4.78 is 0. The number of thioether (sulfide) groups is 1. The topological polar surface area (TPSA) is 151 Å². The van der Waals surface area contributed by atoms with E-state index >= 15 is 0 Å². The number of fused-ring (bicyclic) bond motifs is 1. The number of rotatable bonds is 12. The molecule has 3 saturated carbocycles. The molecule has 1 aliphatic heterocycles. The van der Waals surface area contributed by atoms with Crippen molar-refractivity contribution in [1.82, 2.24) is 20.9 Å². The fourth-order valence-corrected chi connectivity index (χ4v) is 7.94. The molecule has 4 rings (SSSR count). The van der Waals surface area contributed by atoms with Crippen LogP contribution in [0.4, 0.5) is 4.79 Å². The molecule has 3 unspecified atom stereocenters. The molecule has 0 bridgehead atoms. The standard InChI is InChI=1S/C31H51N5O5S/c1-29(2,3)24(34-28(41)35-31(14-15-42-6)12-8-7-9-13-31)27(40)36-17-19-21(30(19,4)5)22(36)26(39)33-20(16-18-10-11-18)23(37)25(32)38/h18-22,24H,7-17H2,1-6H3,(H2,32,38)(H,33,39)(H2,34,35,41)/t19?,20?,21-,22?,24+/m0/s1. The molecule has 0 radical (unpaired) electrons. The smallest absolute Gasteiger partial charge is 0.315 e. The molecule has 4 fully saturated rings. The number of piperidine rings is 1. The highest BCUT2D eigenvalue weighted by molar-refractivity contribution is 7.98. The number of nitrogens with one attached hydrogen (secondary N) is 3. The first kappa shape index (κ1) is 32.6. The molecule has 0 spiro atoms. The molecule has 4 aliphatic rings. The minimum atomic E-state index is -1.07. The summed E-state index contributed by atoms with van der Waals surface area (Å²) in [5.41, 5.74) is 4.27. The number of hydrogen-bond acceptors (Lipinski definition) is 6. The lowest BCUT2D eigenvalue weighted by Crippen LogP contribution is -2.63. The number of likely N-dealkylation sites (tertiary alicyclic amines) is 1. The SMILES string of the molecule is CSCCC1(NC(=O)N[C@H](C(=O)N2CC3[C@@H](C2C(=O)NC(CC2CC2)C(=O)C(N)=O)C3(C)C)C(C)(C)C)CCCCC1. The number of amides is 5. The van der Waals surface area contributed by atoms with E-state index in [0.717, 1.165) is 57.1 Å². The Bertz CT molecular complexity index is 1080. The molecular weight excluding hydrogens is 554 g/mol. The van der Waals surface area contributed by atoms with Crippen LogP contribution in [0.2, 0.25) is 0 Å². The van der Waals surface area contributed by atoms with Gasteiger partial charge in [-0.3, -0.25) is 19.2 Å². The summed E-state index contributed by atoms with van der Waals surface area (Å²) in [5.74, 6) is -1.31. The Morgan fingerprint density at radius 3 is 2.21 bits per heavy atom. The predicted octanol–water partition coefficient (Wildman–Crippen LogP) is 2.98. The maximum Gasteiger partial charge on any atom is 0.315 e. The lowest BCUT2D eigenvalue weighted by Gasteiger charge is -2.41. The van der Waals surface area contributed by atoms with Gasteiger partial charge < -0.3 is 26.6 Å². The van der Waals surface area contributed by atoms with Crippen molar-refractivity contribution >= 4 is 41.3 Å². The molecular formula is C31H51N5O5S. The van der Waals surface area contributed by atoms with Crippen molar-refractivity contribution in [2.75, 3.05) is 18.6 Å². The van der Waals surface area contributed by atoms with Gasteiger partial charge in [0.05, 0.1) is 6.04 Å². The van der Waals surface area contributed by atoms with Crippen LogP contribution in [-0.4, -0.2) is 76.7 Å². The summed E-state index contributed by atoms with van der Waals surface area (Å²) in [6, 6.07) is -2.99. The lowest BCUT2D eigenvalue weighted by molar-refractivity contribution is -0.145. The van der Waals surface area contributed by atoms with E-state index in [4.69, 9.17) is 5.73 Å². The molecule has 5 N–H and O–H groups in total. The lowest BCUT2D eigenvalue weighted by atomic mass is 9.79. The van der Waals surface area contributed by atoms with Crippen molar-refractivity contribution in [1.29, 1.82) is 0 Å². The van der Waals surface area contributed by atoms with E-state index in [0.29, 0.717) is 13.0 Å². The maximum atomic E-state index is 14.2. The van der Waals surface area contributed by atoms with Gasteiger partial charge in [0.1, 0.15) is 12.1 Å². The molecule has 0 aromatic heterocycles. The van der Waals surface area contributed by atoms with E-state index in [1.54, 1.807) is 16.7 Å². The summed E-state index contributed by atoms with van der Waals surface area (Å²) in [4.78, 5) is 67.4. The van der Waals surface area contributed by atoms with Gasteiger partial charge in [-0.2, -0.15) is 11.8 Å². The van der Waals surface area contributed by atoms with E-state index in [-0.39, 0.29) is 40.6 Å². The number of carbonyl (C=O) groups excluding carboxylic acids is 5. The highest BCUT2D eigenvalue weighted by atomic mass is 32.2. The van der Waals surface area contributed by atoms with Crippen molar-refractivity contribution in [2.45, 2.75) is 116 Å². The second kappa shape index (κ2) is 12.4. The first-order chi connectivity index (χ1) is 19.6. The second-order valence-corrected chi connectivity index (χ2v) is 15.8. The first-order valence-electron chi connectivity index (χ1n) is 15.6. The fraction of sp³-hybridized carbons (Fsp3) is 0.839. The van der Waals surface area contributed by atoms with Gasteiger partial charge in [-0.15, -0.1) is 0 Å². The number of nitrogens with two attached hydrogens (primary N) is 1. The summed E-state index contributed by atoms with van der Waals surface area (Å²) in [5, 5.41) is 9.07. The summed E-state index contributed by atoms with van der Waals surface area (Å²) >= 11 is 1.76.